The van der Waals surface area contributed by atoms with E-state index in [4.69, 9.17) is 0 Å². The molecule has 0 saturated heterocycles. The Kier molecular flexibility index (Phi) is 5.76. The van der Waals surface area contributed by atoms with E-state index >= 15 is 4.39 Å². The Labute approximate surface area is 210 Å². The van der Waals surface area contributed by atoms with E-state index in [2.05, 4.69) is 51.3 Å². The number of nitrogens with one attached hydrogen (secondary N) is 2. The summed E-state index contributed by atoms with van der Waals surface area (Å²) in [5.41, 5.74) is 7.78. The number of benzene rings is 1. The van der Waals surface area contributed by atoms with Gasteiger partial charge in [-0.25, -0.2) is 4.39 Å². The van der Waals surface area contributed by atoms with Crippen molar-refractivity contribution < 1.29 is 9.18 Å². The summed E-state index contributed by atoms with van der Waals surface area (Å²) in [6.07, 6.45) is 8.53. The first kappa shape index (κ1) is 22.8. The lowest BCUT2D eigenvalue weighted by molar-refractivity contribution is -0.117. The second kappa shape index (κ2) is 9.09. The van der Waals surface area contributed by atoms with Gasteiger partial charge in [0.25, 0.3) is 0 Å². The second-order valence-corrected chi connectivity index (χ2v) is 9.64. The number of hydrogen-bond donors (Lipinski definition) is 2. The number of anilines is 1. The Morgan fingerprint density at radius 1 is 1.14 bits per heavy atom. The van der Waals surface area contributed by atoms with Crippen LogP contribution in [0.4, 0.5) is 10.2 Å². The van der Waals surface area contributed by atoms with Crippen LogP contribution in [0.3, 0.4) is 0 Å². The standard InChI is InChI=1S/C28H31FN6O/c1-3-18-7-9-31-13-24(18)22-10-21(19-6-5-8-30-12-19)27(29)28-23(22)11-26(32-28)35-15-20-14-33(17-36)16-25(20)34(35)4-2/h6-7,9-11,13,17,30,32H,3-5,8,12,14-16H2,1-2H3. The molecule has 0 spiro atoms. The Morgan fingerprint density at radius 2 is 2.03 bits per heavy atom. The molecule has 186 valence electrons. The number of carbonyl (C=O) groups excluding carboxylic acids is 1. The zero-order valence-corrected chi connectivity index (χ0v) is 20.8. The first-order valence-corrected chi connectivity index (χ1v) is 12.8. The minimum atomic E-state index is -0.216. The molecule has 0 radical (unpaired) electrons. The van der Waals surface area contributed by atoms with Gasteiger partial charge in [0.2, 0.25) is 6.41 Å². The van der Waals surface area contributed by atoms with Gasteiger partial charge in [0.1, 0.15) is 5.82 Å². The van der Waals surface area contributed by atoms with Gasteiger partial charge in [-0.3, -0.25) is 19.8 Å². The van der Waals surface area contributed by atoms with Gasteiger partial charge in [-0.1, -0.05) is 13.0 Å². The van der Waals surface area contributed by atoms with E-state index in [1.54, 1.807) is 4.90 Å². The zero-order valence-electron chi connectivity index (χ0n) is 20.8. The number of halogens is 1. The molecule has 3 aliphatic rings. The predicted octanol–water partition coefficient (Wildman–Crippen LogP) is 4.09. The number of hydrogen-bond acceptors (Lipinski definition) is 5. The fourth-order valence-corrected chi connectivity index (χ4v) is 5.83. The van der Waals surface area contributed by atoms with E-state index in [1.807, 2.05) is 24.5 Å². The van der Waals surface area contributed by atoms with Crippen molar-refractivity contribution >= 4 is 28.7 Å². The van der Waals surface area contributed by atoms with Crippen LogP contribution in [-0.2, 0) is 11.2 Å². The van der Waals surface area contributed by atoms with Crippen molar-refractivity contribution in [2.45, 2.75) is 26.7 Å². The van der Waals surface area contributed by atoms with Crippen molar-refractivity contribution in [1.82, 2.24) is 25.2 Å². The number of carbonyl (C=O) groups is 1. The fourth-order valence-electron chi connectivity index (χ4n) is 5.83. The third-order valence-corrected chi connectivity index (χ3v) is 7.62. The van der Waals surface area contributed by atoms with Crippen LogP contribution in [0.5, 0.6) is 0 Å². The molecule has 3 aliphatic heterocycles. The quantitative estimate of drug-likeness (QED) is 0.514. The topological polar surface area (TPSA) is 67.5 Å². The third kappa shape index (κ3) is 3.59. The molecule has 0 unspecified atom stereocenters. The summed E-state index contributed by atoms with van der Waals surface area (Å²) >= 11 is 0. The summed E-state index contributed by atoms with van der Waals surface area (Å²) in [5.74, 6) is 0.639. The summed E-state index contributed by atoms with van der Waals surface area (Å²) in [6, 6.07) is 6.12. The zero-order chi connectivity index (χ0) is 24.8. The SMILES string of the molecule is CCc1ccncc1-c1cc(C2=CCCNC2)c(F)c2[nH]c(N3CC4=C(CN(C=O)C4)N3CC)cc12. The van der Waals surface area contributed by atoms with Crippen molar-refractivity contribution in [3.63, 3.8) is 0 Å². The number of H-pyrrole nitrogens is 1. The lowest BCUT2D eigenvalue weighted by Crippen LogP contribution is -2.41. The van der Waals surface area contributed by atoms with Gasteiger partial charge in [-0.05, 0) is 66.8 Å². The molecule has 0 fully saturated rings. The van der Waals surface area contributed by atoms with Crippen LogP contribution in [-0.4, -0.2) is 65.6 Å². The largest absolute Gasteiger partial charge is 0.338 e. The molecule has 0 aliphatic carbocycles. The molecular weight excluding hydrogens is 455 g/mol. The number of aromatic amines is 1. The van der Waals surface area contributed by atoms with Crippen molar-refractivity contribution in [2.75, 3.05) is 44.3 Å². The molecule has 2 N–H and O–H groups in total. The van der Waals surface area contributed by atoms with Crippen LogP contribution in [0, 0.1) is 5.82 Å². The highest BCUT2D eigenvalue weighted by molar-refractivity contribution is 6.01. The number of pyridine rings is 1. The van der Waals surface area contributed by atoms with Crippen LogP contribution in [0.2, 0.25) is 0 Å². The monoisotopic (exact) mass is 486 g/mol. The molecule has 1 aromatic carbocycles. The number of likely N-dealkylation sites (N-methyl/N-ethyl adjacent to an activating group) is 1. The lowest BCUT2D eigenvalue weighted by Gasteiger charge is -2.33. The Balaban J connectivity index is 1.50. The van der Waals surface area contributed by atoms with Crippen LogP contribution in [0.15, 0.2) is 47.9 Å². The fraction of sp³-hybridized carbons (Fsp3) is 0.357. The van der Waals surface area contributed by atoms with Crippen LogP contribution in [0.1, 0.15) is 31.4 Å². The molecule has 6 rings (SSSR count). The molecule has 36 heavy (non-hydrogen) atoms. The number of hydrazine groups is 1. The minimum Gasteiger partial charge on any atom is -0.338 e. The van der Waals surface area contributed by atoms with E-state index in [0.29, 0.717) is 37.3 Å². The first-order valence-electron chi connectivity index (χ1n) is 12.8. The number of fused-ring (bicyclic) bond motifs is 1. The second-order valence-electron chi connectivity index (χ2n) is 9.64. The van der Waals surface area contributed by atoms with Crippen molar-refractivity contribution in [3.05, 3.63) is 64.9 Å². The summed E-state index contributed by atoms with van der Waals surface area (Å²) in [5, 5.41) is 8.62. The van der Waals surface area contributed by atoms with Crippen LogP contribution < -0.4 is 10.3 Å². The normalized spacial score (nSPS) is 17.9. The maximum Gasteiger partial charge on any atom is 0.210 e. The van der Waals surface area contributed by atoms with Gasteiger partial charge in [0, 0.05) is 48.5 Å². The Hall–Kier alpha value is -3.65. The van der Waals surface area contributed by atoms with Crippen LogP contribution >= 0.6 is 0 Å². The molecule has 5 heterocycles. The maximum atomic E-state index is 16.1. The molecule has 7 nitrogen and oxygen atoms in total. The molecule has 0 saturated carbocycles. The van der Waals surface area contributed by atoms with Crippen molar-refractivity contribution in [1.29, 1.82) is 0 Å². The number of aryl methyl sites for hydroxylation is 1. The van der Waals surface area contributed by atoms with Crippen LogP contribution in [0.25, 0.3) is 27.6 Å². The molecule has 3 aromatic rings. The number of rotatable bonds is 6. The number of aromatic nitrogens is 2. The smallest absolute Gasteiger partial charge is 0.210 e. The summed E-state index contributed by atoms with van der Waals surface area (Å²) in [7, 11) is 0. The minimum absolute atomic E-state index is 0.216. The molecule has 0 bridgehead atoms. The Morgan fingerprint density at radius 3 is 2.78 bits per heavy atom. The van der Waals surface area contributed by atoms with E-state index in [9.17, 15) is 4.79 Å². The highest BCUT2D eigenvalue weighted by Gasteiger charge is 2.36. The number of amides is 1. The predicted molar refractivity (Wildman–Crippen MR) is 141 cm³/mol. The summed E-state index contributed by atoms with van der Waals surface area (Å²) < 4.78 is 16.1. The van der Waals surface area contributed by atoms with E-state index in [0.717, 1.165) is 60.2 Å². The highest BCUT2D eigenvalue weighted by atomic mass is 19.1. The van der Waals surface area contributed by atoms with E-state index in [1.165, 1.54) is 16.8 Å². The van der Waals surface area contributed by atoms with Gasteiger partial charge in [0.05, 0.1) is 24.3 Å². The van der Waals surface area contributed by atoms with Gasteiger partial charge < -0.3 is 15.2 Å². The lowest BCUT2D eigenvalue weighted by atomic mass is 9.92. The summed E-state index contributed by atoms with van der Waals surface area (Å²) in [4.78, 5) is 21.0. The highest BCUT2D eigenvalue weighted by Crippen LogP contribution is 2.40. The average molecular weight is 487 g/mol. The molecule has 0 atom stereocenters. The maximum absolute atomic E-state index is 16.1. The van der Waals surface area contributed by atoms with E-state index in [-0.39, 0.29) is 5.82 Å². The first-order chi connectivity index (χ1) is 17.6. The van der Waals surface area contributed by atoms with E-state index < -0.39 is 0 Å². The number of nitrogens with zero attached hydrogens (tertiary/aromatic N) is 4. The molecule has 1 amide bonds. The van der Waals surface area contributed by atoms with Gasteiger partial charge in [0.15, 0.2) is 5.82 Å². The molecular formula is C28H31FN6O. The molecule has 8 heteroatoms. The van der Waals surface area contributed by atoms with Crippen molar-refractivity contribution in [2.24, 2.45) is 0 Å². The van der Waals surface area contributed by atoms with Gasteiger partial charge >= 0.3 is 0 Å². The van der Waals surface area contributed by atoms with Gasteiger partial charge in [-0.2, -0.15) is 0 Å². The average Bonchev–Trinajstić information content (AvgIpc) is 3.62. The third-order valence-electron chi connectivity index (χ3n) is 7.62. The summed E-state index contributed by atoms with van der Waals surface area (Å²) in [6.45, 7) is 8.52. The van der Waals surface area contributed by atoms with Gasteiger partial charge in [-0.15, -0.1) is 0 Å². The van der Waals surface area contributed by atoms with Crippen molar-refractivity contribution in [3.8, 4) is 11.1 Å². The Bertz CT molecular complexity index is 1410. The molecule has 2 aromatic heterocycles.